The second kappa shape index (κ2) is 7.10. The summed E-state index contributed by atoms with van der Waals surface area (Å²) in [6.45, 7) is 2.00. The predicted molar refractivity (Wildman–Crippen MR) is 103 cm³/mol. The standard InChI is InChI=1S/C21H25NO3S/c1-14-12-17-18(13-19(14)26(25)16-10-6-3-7-11-16)21(24)22(20(17)23)15-8-4-2-5-9-15/h2,4-5,8-9,16-18H,3,6-7,10-13H2,1H3/t17-,18+,26?/m1/s1. The quantitative estimate of drug-likeness (QED) is 0.756. The Bertz CT molecular complexity index is 780. The highest BCUT2D eigenvalue weighted by Gasteiger charge is 2.50. The van der Waals surface area contributed by atoms with E-state index in [0.717, 1.165) is 36.2 Å². The van der Waals surface area contributed by atoms with Crippen LogP contribution >= 0.6 is 0 Å². The molecule has 3 atom stereocenters. The number of anilines is 1. The van der Waals surface area contributed by atoms with Crippen LogP contribution in [0, 0.1) is 11.8 Å². The third-order valence-corrected chi connectivity index (χ3v) is 8.16. The summed E-state index contributed by atoms with van der Waals surface area (Å²) in [5, 5.41) is 0.225. The maximum Gasteiger partial charge on any atom is 0.238 e. The lowest BCUT2D eigenvalue weighted by Gasteiger charge is -2.29. The smallest absolute Gasteiger partial charge is 0.238 e. The van der Waals surface area contributed by atoms with Gasteiger partial charge in [0.2, 0.25) is 11.8 Å². The first-order valence-corrected chi connectivity index (χ1v) is 10.8. The van der Waals surface area contributed by atoms with Crippen molar-refractivity contribution in [2.24, 2.45) is 11.8 Å². The minimum atomic E-state index is -1.02. The molecule has 1 saturated heterocycles. The van der Waals surface area contributed by atoms with E-state index in [1.165, 1.54) is 11.3 Å². The molecule has 0 aromatic heterocycles. The van der Waals surface area contributed by atoms with E-state index in [9.17, 15) is 13.8 Å². The van der Waals surface area contributed by atoms with E-state index >= 15 is 0 Å². The first-order valence-electron chi connectivity index (χ1n) is 9.60. The number of para-hydroxylation sites is 1. The molecule has 0 N–H and O–H groups in total. The van der Waals surface area contributed by atoms with Gasteiger partial charge in [-0.3, -0.25) is 18.7 Å². The van der Waals surface area contributed by atoms with Gasteiger partial charge in [0.05, 0.1) is 28.3 Å². The number of imide groups is 1. The Morgan fingerprint density at radius 1 is 0.923 bits per heavy atom. The molecule has 2 aliphatic carbocycles. The van der Waals surface area contributed by atoms with Crippen molar-refractivity contribution in [1.82, 2.24) is 0 Å². The van der Waals surface area contributed by atoms with Gasteiger partial charge < -0.3 is 0 Å². The molecule has 3 aliphatic rings. The van der Waals surface area contributed by atoms with E-state index in [1.54, 1.807) is 12.1 Å². The van der Waals surface area contributed by atoms with Crippen molar-refractivity contribution in [1.29, 1.82) is 0 Å². The number of rotatable bonds is 3. The molecule has 26 heavy (non-hydrogen) atoms. The van der Waals surface area contributed by atoms with Gasteiger partial charge >= 0.3 is 0 Å². The van der Waals surface area contributed by atoms with E-state index in [4.69, 9.17) is 0 Å². The molecule has 138 valence electrons. The number of allylic oxidation sites excluding steroid dienone is 2. The summed E-state index contributed by atoms with van der Waals surface area (Å²) >= 11 is 0. The van der Waals surface area contributed by atoms with Crippen LogP contribution in [0.2, 0.25) is 0 Å². The van der Waals surface area contributed by atoms with Gasteiger partial charge in [-0.25, -0.2) is 0 Å². The Kier molecular flexibility index (Phi) is 4.82. The van der Waals surface area contributed by atoms with Crippen LogP contribution in [0.4, 0.5) is 5.69 Å². The number of hydrogen-bond acceptors (Lipinski definition) is 3. The minimum absolute atomic E-state index is 0.104. The molecule has 2 fully saturated rings. The highest BCUT2D eigenvalue weighted by atomic mass is 32.2. The largest absolute Gasteiger partial charge is 0.274 e. The van der Waals surface area contributed by atoms with E-state index in [0.29, 0.717) is 18.5 Å². The fourth-order valence-corrected chi connectivity index (χ4v) is 6.56. The summed E-state index contributed by atoms with van der Waals surface area (Å²) in [6, 6.07) is 9.15. The van der Waals surface area contributed by atoms with Gasteiger partial charge in [0.25, 0.3) is 0 Å². The van der Waals surface area contributed by atoms with Crippen molar-refractivity contribution in [2.45, 2.75) is 57.1 Å². The van der Waals surface area contributed by atoms with Crippen LogP contribution in [0.3, 0.4) is 0 Å². The average molecular weight is 372 g/mol. The number of carbonyl (C=O) groups is 2. The van der Waals surface area contributed by atoms with Crippen molar-refractivity contribution in [2.75, 3.05) is 4.90 Å². The lowest BCUT2D eigenvalue weighted by molar-refractivity contribution is -0.122. The van der Waals surface area contributed by atoms with Crippen LogP contribution in [0.15, 0.2) is 40.8 Å². The molecular weight excluding hydrogens is 346 g/mol. The molecule has 0 bridgehead atoms. The lowest BCUT2D eigenvalue weighted by Crippen LogP contribution is -2.30. The molecule has 1 saturated carbocycles. The third kappa shape index (κ3) is 2.96. The van der Waals surface area contributed by atoms with Crippen LogP contribution < -0.4 is 4.90 Å². The molecule has 0 spiro atoms. The Morgan fingerprint density at radius 2 is 1.54 bits per heavy atom. The van der Waals surface area contributed by atoms with Crippen LogP contribution in [-0.2, 0) is 20.4 Å². The third-order valence-electron chi connectivity index (χ3n) is 6.08. The zero-order valence-corrected chi connectivity index (χ0v) is 16.0. The normalized spacial score (nSPS) is 28.4. The first-order chi connectivity index (χ1) is 12.6. The maximum atomic E-state index is 13.1. The van der Waals surface area contributed by atoms with Gasteiger partial charge in [-0.1, -0.05) is 43.0 Å². The van der Waals surface area contributed by atoms with Crippen LogP contribution in [0.25, 0.3) is 0 Å². The lowest BCUT2D eigenvalue weighted by atomic mass is 9.81. The van der Waals surface area contributed by atoms with Crippen molar-refractivity contribution in [3.63, 3.8) is 0 Å². The molecule has 1 aliphatic heterocycles. The Labute approximate surface area is 157 Å². The number of nitrogens with zero attached hydrogens (tertiary/aromatic N) is 1. The summed E-state index contributed by atoms with van der Waals surface area (Å²) in [6.07, 6.45) is 6.60. The second-order valence-corrected chi connectivity index (χ2v) is 9.48. The molecule has 1 heterocycles. The van der Waals surface area contributed by atoms with Crippen molar-refractivity contribution >= 4 is 28.3 Å². The molecule has 0 radical (unpaired) electrons. The van der Waals surface area contributed by atoms with E-state index in [-0.39, 0.29) is 28.9 Å². The van der Waals surface area contributed by atoms with Gasteiger partial charge in [-0.2, -0.15) is 0 Å². The fourth-order valence-electron chi connectivity index (χ4n) is 4.63. The van der Waals surface area contributed by atoms with Crippen LogP contribution in [0.5, 0.6) is 0 Å². The van der Waals surface area contributed by atoms with Crippen molar-refractivity contribution in [3.05, 3.63) is 40.8 Å². The zero-order chi connectivity index (χ0) is 18.3. The average Bonchev–Trinajstić information content (AvgIpc) is 2.92. The SMILES string of the molecule is CC1=C(S(=O)C2CCCCC2)C[C@@H]2C(=O)N(c3ccccc3)C(=O)[C@@H]2C1. The van der Waals surface area contributed by atoms with Gasteiger partial charge in [-0.05, 0) is 44.7 Å². The monoisotopic (exact) mass is 371 g/mol. The zero-order valence-electron chi connectivity index (χ0n) is 15.1. The number of amides is 2. The maximum absolute atomic E-state index is 13.1. The van der Waals surface area contributed by atoms with Gasteiger partial charge in [0.1, 0.15) is 0 Å². The van der Waals surface area contributed by atoms with E-state index in [2.05, 4.69) is 0 Å². The summed E-state index contributed by atoms with van der Waals surface area (Å²) in [5.41, 5.74) is 1.70. The Morgan fingerprint density at radius 3 is 2.19 bits per heavy atom. The predicted octanol–water partition coefficient (Wildman–Crippen LogP) is 3.94. The highest BCUT2D eigenvalue weighted by Crippen LogP contribution is 2.44. The number of carbonyl (C=O) groups excluding carboxylic acids is 2. The van der Waals surface area contributed by atoms with Crippen molar-refractivity contribution < 1.29 is 13.8 Å². The number of fused-ring (bicyclic) bond motifs is 1. The number of benzene rings is 1. The van der Waals surface area contributed by atoms with Crippen LogP contribution in [0.1, 0.15) is 51.9 Å². The highest BCUT2D eigenvalue weighted by molar-refractivity contribution is 7.89. The molecule has 5 heteroatoms. The molecule has 2 amide bonds. The van der Waals surface area contributed by atoms with Gasteiger partial charge in [0.15, 0.2) is 0 Å². The summed E-state index contributed by atoms with van der Waals surface area (Å²) in [5.74, 6) is -0.881. The van der Waals surface area contributed by atoms with E-state index < -0.39 is 10.8 Å². The summed E-state index contributed by atoms with van der Waals surface area (Å²) in [7, 11) is -1.02. The summed E-state index contributed by atoms with van der Waals surface area (Å²) in [4.78, 5) is 28.1. The Hall–Kier alpha value is -1.75. The molecule has 1 unspecified atom stereocenters. The van der Waals surface area contributed by atoms with Crippen molar-refractivity contribution in [3.8, 4) is 0 Å². The Balaban J connectivity index is 1.58. The molecule has 1 aromatic carbocycles. The second-order valence-electron chi connectivity index (χ2n) is 7.73. The first kappa shape index (κ1) is 17.7. The molecule has 1 aromatic rings. The molecule has 4 rings (SSSR count). The summed E-state index contributed by atoms with van der Waals surface area (Å²) < 4.78 is 13.1. The van der Waals surface area contributed by atoms with Gasteiger partial charge in [0, 0.05) is 10.2 Å². The number of hydrogen-bond donors (Lipinski definition) is 0. The molecular formula is C21H25NO3S. The fraction of sp³-hybridized carbons (Fsp3) is 0.524. The van der Waals surface area contributed by atoms with Crippen LogP contribution in [-0.4, -0.2) is 21.3 Å². The van der Waals surface area contributed by atoms with E-state index in [1.807, 2.05) is 25.1 Å². The topological polar surface area (TPSA) is 54.5 Å². The molecule has 4 nitrogen and oxygen atoms in total. The minimum Gasteiger partial charge on any atom is -0.274 e. The van der Waals surface area contributed by atoms with Gasteiger partial charge in [-0.15, -0.1) is 0 Å².